The van der Waals surface area contributed by atoms with Crippen LogP contribution in [0.1, 0.15) is 48.8 Å². The summed E-state index contributed by atoms with van der Waals surface area (Å²) in [7, 11) is 0. The highest BCUT2D eigenvalue weighted by molar-refractivity contribution is 6.30. The van der Waals surface area contributed by atoms with Crippen LogP contribution in [0.3, 0.4) is 0 Å². The zero-order valence-electron chi connectivity index (χ0n) is 14.7. The summed E-state index contributed by atoms with van der Waals surface area (Å²) in [6.45, 7) is 2.16. The summed E-state index contributed by atoms with van der Waals surface area (Å²) in [4.78, 5) is 0. The summed E-state index contributed by atoms with van der Waals surface area (Å²) in [5.74, 6) is -0.965. The van der Waals surface area contributed by atoms with Gasteiger partial charge in [-0.3, -0.25) is 0 Å². The molecule has 0 radical (unpaired) electrons. The monoisotopic (exact) mass is 370 g/mol. The van der Waals surface area contributed by atoms with Crippen LogP contribution in [0.2, 0.25) is 5.02 Å². The lowest BCUT2D eigenvalue weighted by Gasteiger charge is -2.35. The molecule has 2 unspecified atom stereocenters. The first-order valence-electron chi connectivity index (χ1n) is 9.25. The van der Waals surface area contributed by atoms with Gasteiger partial charge in [0.2, 0.25) is 0 Å². The number of benzene rings is 3. The van der Waals surface area contributed by atoms with Gasteiger partial charge in [-0.05, 0) is 64.8 Å². The highest BCUT2D eigenvalue weighted by Gasteiger charge is 2.32. The molecule has 0 nitrogen and oxygen atoms in total. The highest BCUT2D eigenvalue weighted by atomic mass is 35.5. The van der Waals surface area contributed by atoms with E-state index in [1.54, 1.807) is 0 Å². The predicted molar refractivity (Wildman–Crippen MR) is 104 cm³/mol. The molecular weight excluding hydrogens is 350 g/mol. The van der Waals surface area contributed by atoms with E-state index in [9.17, 15) is 8.78 Å². The Morgan fingerprint density at radius 3 is 2.50 bits per heavy atom. The summed E-state index contributed by atoms with van der Waals surface area (Å²) in [5.41, 5.74) is 3.21. The molecule has 0 bridgehead atoms. The van der Waals surface area contributed by atoms with Gasteiger partial charge in [0, 0.05) is 5.92 Å². The normalized spacial score (nSPS) is 19.5. The van der Waals surface area contributed by atoms with Gasteiger partial charge in [-0.15, -0.1) is 0 Å². The minimum atomic E-state index is -0.676. The molecule has 3 heteroatoms. The number of hydrogen-bond acceptors (Lipinski definition) is 0. The van der Waals surface area contributed by atoms with Gasteiger partial charge in [-0.25, -0.2) is 8.78 Å². The molecule has 0 saturated carbocycles. The average molecular weight is 371 g/mol. The first-order chi connectivity index (χ1) is 12.6. The fourth-order valence-corrected chi connectivity index (χ4v) is 4.67. The molecule has 3 aromatic rings. The Hall–Kier alpha value is -1.93. The average Bonchev–Trinajstić information content (AvgIpc) is 2.65. The molecule has 0 amide bonds. The molecule has 2 atom stereocenters. The van der Waals surface area contributed by atoms with Crippen LogP contribution in [0.4, 0.5) is 8.78 Å². The largest absolute Gasteiger partial charge is 0.205 e. The van der Waals surface area contributed by atoms with E-state index in [4.69, 9.17) is 11.6 Å². The van der Waals surface area contributed by atoms with Crippen molar-refractivity contribution in [2.24, 2.45) is 5.92 Å². The van der Waals surface area contributed by atoms with Crippen LogP contribution < -0.4 is 0 Å². The van der Waals surface area contributed by atoms with Crippen molar-refractivity contribution in [2.75, 3.05) is 0 Å². The summed E-state index contributed by atoms with van der Waals surface area (Å²) in [5, 5.41) is 2.04. The van der Waals surface area contributed by atoms with E-state index in [1.165, 1.54) is 34.0 Å². The molecule has 26 heavy (non-hydrogen) atoms. The maximum atomic E-state index is 14.2. The van der Waals surface area contributed by atoms with Gasteiger partial charge in [0.15, 0.2) is 0 Å². The van der Waals surface area contributed by atoms with Gasteiger partial charge in [0.25, 0.3) is 0 Å². The number of rotatable bonds is 3. The second kappa shape index (κ2) is 7.00. The predicted octanol–water partition coefficient (Wildman–Crippen LogP) is 7.27. The number of halogens is 3. The second-order valence-electron chi connectivity index (χ2n) is 7.22. The summed E-state index contributed by atoms with van der Waals surface area (Å²) < 4.78 is 28.3. The standard InChI is InChI=1S/C23H21ClF2/c1-2-5-15-9-10-18-17-7-4-3-6-14(17)8-11-19(18)22(15)16-12-20(25)23(24)21(26)13-16/h3-4,6-8,11-13,15,22H,2,5,9-10H2,1H3. The lowest BCUT2D eigenvalue weighted by Crippen LogP contribution is -2.22. The molecular formula is C23H21ClF2. The Morgan fingerprint density at radius 2 is 1.77 bits per heavy atom. The van der Waals surface area contributed by atoms with Gasteiger partial charge in [0.1, 0.15) is 16.7 Å². The minimum absolute atomic E-state index is 0.00423. The summed E-state index contributed by atoms with van der Waals surface area (Å²) >= 11 is 5.71. The number of fused-ring (bicyclic) bond motifs is 3. The molecule has 1 aliphatic carbocycles. The van der Waals surface area contributed by atoms with Crippen LogP contribution in [0.15, 0.2) is 48.5 Å². The van der Waals surface area contributed by atoms with Crippen molar-refractivity contribution >= 4 is 22.4 Å². The second-order valence-corrected chi connectivity index (χ2v) is 7.60. The Bertz CT molecular complexity index is 941. The van der Waals surface area contributed by atoms with Crippen molar-refractivity contribution < 1.29 is 8.78 Å². The first kappa shape index (κ1) is 17.5. The Morgan fingerprint density at radius 1 is 1.04 bits per heavy atom. The van der Waals surface area contributed by atoms with Crippen molar-refractivity contribution in [1.82, 2.24) is 0 Å². The molecule has 0 aromatic heterocycles. The summed E-state index contributed by atoms with van der Waals surface area (Å²) in [6.07, 6.45) is 4.15. The van der Waals surface area contributed by atoms with Crippen LogP contribution in [-0.4, -0.2) is 0 Å². The first-order valence-corrected chi connectivity index (χ1v) is 9.63. The van der Waals surface area contributed by atoms with E-state index in [0.717, 1.165) is 25.7 Å². The van der Waals surface area contributed by atoms with E-state index in [-0.39, 0.29) is 5.92 Å². The molecule has 134 valence electrons. The Kier molecular flexibility index (Phi) is 4.71. The van der Waals surface area contributed by atoms with E-state index >= 15 is 0 Å². The van der Waals surface area contributed by atoms with Gasteiger partial charge >= 0.3 is 0 Å². The summed E-state index contributed by atoms with van der Waals surface area (Å²) in [6, 6.07) is 15.5. The molecule has 0 N–H and O–H groups in total. The Labute approximate surface area is 157 Å². The lowest BCUT2D eigenvalue weighted by molar-refractivity contribution is 0.378. The van der Waals surface area contributed by atoms with Crippen molar-refractivity contribution in [3.05, 3.63) is 81.9 Å². The van der Waals surface area contributed by atoms with E-state index in [0.29, 0.717) is 11.5 Å². The smallest absolute Gasteiger partial charge is 0.145 e. The lowest BCUT2D eigenvalue weighted by atomic mass is 9.69. The van der Waals surface area contributed by atoms with E-state index in [1.807, 2.05) is 6.07 Å². The molecule has 0 fully saturated rings. The van der Waals surface area contributed by atoms with Crippen LogP contribution in [-0.2, 0) is 6.42 Å². The zero-order valence-corrected chi connectivity index (χ0v) is 15.5. The van der Waals surface area contributed by atoms with Gasteiger partial charge < -0.3 is 0 Å². The molecule has 0 saturated heterocycles. The highest BCUT2D eigenvalue weighted by Crippen LogP contribution is 2.45. The van der Waals surface area contributed by atoms with Gasteiger partial charge in [0.05, 0.1) is 0 Å². The molecule has 4 rings (SSSR count). The molecule has 0 aliphatic heterocycles. The van der Waals surface area contributed by atoms with E-state index < -0.39 is 16.7 Å². The quantitative estimate of drug-likeness (QED) is 0.425. The van der Waals surface area contributed by atoms with Crippen LogP contribution >= 0.6 is 11.6 Å². The Balaban J connectivity index is 1.92. The minimum Gasteiger partial charge on any atom is -0.205 e. The maximum absolute atomic E-state index is 14.2. The number of hydrogen-bond donors (Lipinski definition) is 0. The van der Waals surface area contributed by atoms with E-state index in [2.05, 4.69) is 37.3 Å². The van der Waals surface area contributed by atoms with Crippen molar-refractivity contribution in [2.45, 2.75) is 38.5 Å². The van der Waals surface area contributed by atoms with Crippen LogP contribution in [0.25, 0.3) is 10.8 Å². The third-order valence-corrected chi connectivity index (χ3v) is 6.03. The molecule has 0 spiro atoms. The van der Waals surface area contributed by atoms with Crippen LogP contribution in [0.5, 0.6) is 0 Å². The zero-order chi connectivity index (χ0) is 18.3. The van der Waals surface area contributed by atoms with Crippen molar-refractivity contribution in [3.8, 4) is 0 Å². The van der Waals surface area contributed by atoms with Gasteiger partial charge in [-0.2, -0.15) is 0 Å². The molecule has 0 heterocycles. The maximum Gasteiger partial charge on any atom is 0.145 e. The molecule has 1 aliphatic rings. The SMILES string of the molecule is CCCC1CCc2c(ccc3ccccc23)C1c1cc(F)c(Cl)c(F)c1. The third-order valence-electron chi connectivity index (χ3n) is 5.67. The third kappa shape index (κ3) is 2.91. The van der Waals surface area contributed by atoms with Crippen LogP contribution in [0, 0.1) is 17.6 Å². The topological polar surface area (TPSA) is 0 Å². The van der Waals surface area contributed by atoms with Crippen molar-refractivity contribution in [1.29, 1.82) is 0 Å². The number of aryl methyl sites for hydroxylation is 1. The van der Waals surface area contributed by atoms with Gasteiger partial charge in [-0.1, -0.05) is 61.3 Å². The molecule has 3 aromatic carbocycles. The fraction of sp³-hybridized carbons (Fsp3) is 0.304. The van der Waals surface area contributed by atoms with Crippen molar-refractivity contribution in [3.63, 3.8) is 0 Å². The fourth-order valence-electron chi connectivity index (χ4n) is 4.56.